The minimum atomic E-state index is 0.100. The van der Waals surface area contributed by atoms with Gasteiger partial charge in [0.2, 0.25) is 0 Å². The van der Waals surface area contributed by atoms with Crippen LogP contribution >= 0.6 is 0 Å². The van der Waals surface area contributed by atoms with Gasteiger partial charge < -0.3 is 4.74 Å². The largest absolute Gasteiger partial charge is 0.489 e. The number of rotatable bonds is 12. The number of allylic oxidation sites excluding steroid dienone is 1. The first-order valence-corrected chi connectivity index (χ1v) is 12.4. The van der Waals surface area contributed by atoms with Gasteiger partial charge in [0, 0.05) is 12.8 Å². The molecule has 3 rings (SSSR count). The summed E-state index contributed by atoms with van der Waals surface area (Å²) < 4.78 is 6.44. The lowest BCUT2D eigenvalue weighted by molar-refractivity contribution is -0.117. The Kier molecular flexibility index (Phi) is 8.73. The molecule has 32 heavy (non-hydrogen) atoms. The maximum Gasteiger partial charge on any atom is 0.133 e. The van der Waals surface area contributed by atoms with Gasteiger partial charge in [-0.3, -0.25) is 4.79 Å². The van der Waals surface area contributed by atoms with Crippen LogP contribution < -0.4 is 4.74 Å². The third kappa shape index (κ3) is 6.34. The van der Waals surface area contributed by atoms with E-state index in [1.54, 1.807) is 0 Å². The van der Waals surface area contributed by atoms with Gasteiger partial charge in [0.25, 0.3) is 0 Å². The first kappa shape index (κ1) is 24.3. The third-order valence-electron chi connectivity index (χ3n) is 7.06. The van der Waals surface area contributed by atoms with E-state index >= 15 is 0 Å². The van der Waals surface area contributed by atoms with Crippen LogP contribution in [0.2, 0.25) is 0 Å². The molecule has 0 heterocycles. The number of Topliss-reactive ketones (excluding diaryl/α,β-unsaturated/α-hetero) is 1. The van der Waals surface area contributed by atoms with Crippen molar-refractivity contribution in [3.05, 3.63) is 77.9 Å². The Labute approximate surface area is 195 Å². The summed E-state index contributed by atoms with van der Waals surface area (Å²) in [5.41, 5.74) is 3.77. The second kappa shape index (κ2) is 11.5. The Morgan fingerprint density at radius 3 is 2.56 bits per heavy atom. The van der Waals surface area contributed by atoms with Crippen molar-refractivity contribution in [2.75, 3.05) is 0 Å². The molecule has 0 bridgehead atoms. The van der Waals surface area contributed by atoms with Crippen LogP contribution in [-0.4, -0.2) is 5.78 Å². The summed E-state index contributed by atoms with van der Waals surface area (Å²) in [4.78, 5) is 12.3. The molecule has 1 saturated carbocycles. The molecule has 0 N–H and O–H groups in total. The topological polar surface area (TPSA) is 26.3 Å². The molecule has 0 aromatic heterocycles. The van der Waals surface area contributed by atoms with Crippen LogP contribution in [0.15, 0.2) is 61.2 Å². The Morgan fingerprint density at radius 2 is 1.84 bits per heavy atom. The fourth-order valence-corrected chi connectivity index (χ4v) is 5.02. The molecule has 0 saturated heterocycles. The van der Waals surface area contributed by atoms with Crippen molar-refractivity contribution < 1.29 is 9.53 Å². The minimum absolute atomic E-state index is 0.100. The lowest BCUT2D eigenvalue weighted by Crippen LogP contribution is -2.18. The number of hydrogen-bond acceptors (Lipinski definition) is 2. The highest BCUT2D eigenvalue weighted by Gasteiger charge is 2.35. The molecule has 1 aliphatic rings. The Morgan fingerprint density at radius 1 is 1.06 bits per heavy atom. The number of ketones is 1. The van der Waals surface area contributed by atoms with Gasteiger partial charge >= 0.3 is 0 Å². The monoisotopic (exact) mass is 432 g/mol. The number of ether oxygens (including phenoxy) is 1. The number of unbranched alkanes of at least 4 members (excludes halogenated alkanes) is 3. The van der Waals surface area contributed by atoms with Crippen LogP contribution in [0.5, 0.6) is 5.75 Å². The number of carbonyl (C=O) groups excluding carboxylic acids is 1. The molecule has 0 unspecified atom stereocenters. The lowest BCUT2D eigenvalue weighted by atomic mass is 9.78. The summed E-state index contributed by atoms with van der Waals surface area (Å²) in [6.07, 6.45) is 10.4. The second-order valence-corrected chi connectivity index (χ2v) is 10.1. The van der Waals surface area contributed by atoms with E-state index in [0.29, 0.717) is 31.1 Å². The molecule has 0 aliphatic heterocycles. The van der Waals surface area contributed by atoms with Gasteiger partial charge in [-0.05, 0) is 52.8 Å². The summed E-state index contributed by atoms with van der Waals surface area (Å²) in [5, 5.41) is 0. The van der Waals surface area contributed by atoms with Crippen LogP contribution in [0.3, 0.4) is 0 Å². The van der Waals surface area contributed by atoms with E-state index in [0.717, 1.165) is 17.7 Å². The highest BCUT2D eigenvalue weighted by Crippen LogP contribution is 2.45. The van der Waals surface area contributed by atoms with E-state index in [1.165, 1.54) is 43.2 Å². The Bertz CT molecular complexity index is 881. The molecule has 172 valence electrons. The first-order valence-electron chi connectivity index (χ1n) is 12.4. The Hall–Kier alpha value is -2.35. The summed E-state index contributed by atoms with van der Waals surface area (Å²) >= 11 is 0. The maximum absolute atomic E-state index is 12.3. The molecule has 2 nitrogen and oxygen atoms in total. The molecule has 0 radical (unpaired) electrons. The van der Waals surface area contributed by atoms with E-state index in [-0.39, 0.29) is 11.3 Å². The molecular weight excluding hydrogens is 392 g/mol. The first-order chi connectivity index (χ1) is 15.4. The van der Waals surface area contributed by atoms with Crippen molar-refractivity contribution in [3.8, 4) is 5.75 Å². The molecule has 0 amide bonds. The maximum atomic E-state index is 12.3. The van der Waals surface area contributed by atoms with Crippen molar-refractivity contribution in [1.29, 1.82) is 0 Å². The van der Waals surface area contributed by atoms with Crippen molar-refractivity contribution >= 4 is 5.78 Å². The van der Waals surface area contributed by atoms with Gasteiger partial charge in [-0.1, -0.05) is 95.0 Å². The third-order valence-corrected chi connectivity index (χ3v) is 7.06. The molecule has 2 aromatic carbocycles. The van der Waals surface area contributed by atoms with Crippen LogP contribution in [0.25, 0.3) is 0 Å². The SMILES string of the molecule is C=CC[C@@H]1CC(=O)C[C@H]1c1ccc(C(C)(C)CCCCCC)cc1OCc1ccccc1. The van der Waals surface area contributed by atoms with E-state index < -0.39 is 0 Å². The summed E-state index contributed by atoms with van der Waals surface area (Å²) in [6.45, 7) is 11.4. The second-order valence-electron chi connectivity index (χ2n) is 10.1. The highest BCUT2D eigenvalue weighted by atomic mass is 16.5. The zero-order valence-corrected chi connectivity index (χ0v) is 20.2. The molecule has 2 atom stereocenters. The fraction of sp³-hybridized carbons (Fsp3) is 0.500. The summed E-state index contributed by atoms with van der Waals surface area (Å²) in [7, 11) is 0. The number of carbonyl (C=O) groups is 1. The summed E-state index contributed by atoms with van der Waals surface area (Å²) in [6, 6.07) is 17.1. The predicted octanol–water partition coefficient (Wildman–Crippen LogP) is 8.15. The molecular formula is C30H40O2. The van der Waals surface area contributed by atoms with Gasteiger partial charge in [0.15, 0.2) is 0 Å². The smallest absolute Gasteiger partial charge is 0.133 e. The number of hydrogen-bond donors (Lipinski definition) is 0. The van der Waals surface area contributed by atoms with Gasteiger partial charge in [0.1, 0.15) is 18.1 Å². The van der Waals surface area contributed by atoms with E-state index in [1.807, 2.05) is 24.3 Å². The quantitative estimate of drug-likeness (QED) is 0.250. The van der Waals surface area contributed by atoms with Crippen molar-refractivity contribution in [2.45, 2.75) is 90.1 Å². The van der Waals surface area contributed by atoms with E-state index in [2.05, 4.69) is 57.7 Å². The van der Waals surface area contributed by atoms with E-state index in [9.17, 15) is 4.79 Å². The normalized spacial score (nSPS) is 18.7. The van der Waals surface area contributed by atoms with Crippen LogP contribution in [0.1, 0.15) is 94.7 Å². The minimum Gasteiger partial charge on any atom is -0.489 e. The lowest BCUT2D eigenvalue weighted by Gasteiger charge is -2.28. The zero-order chi connectivity index (χ0) is 23.0. The standard InChI is InChI=1S/C30H40O2/c1-5-7-8-12-18-30(3,4)25-16-17-27(28-21-26(31)19-24(28)13-6-2)29(20-25)32-22-23-14-10-9-11-15-23/h6,9-11,14-17,20,24,28H,2,5,7-8,12-13,18-19,21-22H2,1,3-4H3/t24-,28-/m1/s1. The van der Waals surface area contributed by atoms with Crippen molar-refractivity contribution in [2.24, 2.45) is 5.92 Å². The fourth-order valence-electron chi connectivity index (χ4n) is 5.02. The molecule has 2 aromatic rings. The zero-order valence-electron chi connectivity index (χ0n) is 20.2. The van der Waals surface area contributed by atoms with Crippen molar-refractivity contribution in [1.82, 2.24) is 0 Å². The van der Waals surface area contributed by atoms with Crippen LogP contribution in [0, 0.1) is 5.92 Å². The van der Waals surface area contributed by atoms with E-state index in [4.69, 9.17) is 4.74 Å². The average Bonchev–Trinajstić information content (AvgIpc) is 3.16. The predicted molar refractivity (Wildman–Crippen MR) is 134 cm³/mol. The average molecular weight is 433 g/mol. The van der Waals surface area contributed by atoms with Gasteiger partial charge in [-0.25, -0.2) is 0 Å². The van der Waals surface area contributed by atoms with Gasteiger partial charge in [-0.2, -0.15) is 0 Å². The van der Waals surface area contributed by atoms with Crippen molar-refractivity contribution in [3.63, 3.8) is 0 Å². The van der Waals surface area contributed by atoms with Crippen LogP contribution in [0.4, 0.5) is 0 Å². The molecule has 2 heteroatoms. The molecule has 1 fully saturated rings. The number of benzene rings is 2. The van der Waals surface area contributed by atoms with Crippen LogP contribution in [-0.2, 0) is 16.8 Å². The summed E-state index contributed by atoms with van der Waals surface area (Å²) in [5.74, 6) is 1.85. The Balaban J connectivity index is 1.88. The van der Waals surface area contributed by atoms with Gasteiger partial charge in [0.05, 0.1) is 0 Å². The van der Waals surface area contributed by atoms with Gasteiger partial charge in [-0.15, -0.1) is 6.58 Å². The highest BCUT2D eigenvalue weighted by molar-refractivity contribution is 5.82. The molecule has 0 spiro atoms. The molecule has 1 aliphatic carbocycles.